The van der Waals surface area contributed by atoms with Crippen LogP contribution in [0.15, 0.2) is 59.3 Å². The molecule has 1 aromatic carbocycles. The lowest BCUT2D eigenvalue weighted by Crippen LogP contribution is -2.13. The van der Waals surface area contributed by atoms with Crippen LogP contribution in [0, 0.1) is 0 Å². The molecule has 1 amide bonds. The number of amides is 1. The van der Waals surface area contributed by atoms with Crippen molar-refractivity contribution < 1.29 is 4.79 Å². The Hall–Kier alpha value is -2.27. The Balaban J connectivity index is 2.02. The Bertz CT molecular complexity index is 774. The molecule has 20 heavy (non-hydrogen) atoms. The third kappa shape index (κ3) is 2.40. The van der Waals surface area contributed by atoms with Crippen molar-refractivity contribution in [1.82, 2.24) is 9.97 Å². The normalized spacial score (nSPS) is 10.4. The summed E-state index contributed by atoms with van der Waals surface area (Å²) in [6, 6.07) is 12.7. The van der Waals surface area contributed by atoms with Gasteiger partial charge in [-0.15, -0.1) is 0 Å². The molecule has 5 heteroatoms. The van der Waals surface area contributed by atoms with Crippen LogP contribution in [-0.2, 0) is 0 Å². The number of fused-ring (bicyclic) bond motifs is 1. The summed E-state index contributed by atoms with van der Waals surface area (Å²) in [6.45, 7) is 0. The number of nitrogens with zero attached hydrogens (tertiary/aromatic N) is 2. The summed E-state index contributed by atoms with van der Waals surface area (Å²) in [5.74, 6) is 0.296. The summed E-state index contributed by atoms with van der Waals surface area (Å²) in [4.78, 5) is 20.7. The van der Waals surface area contributed by atoms with Crippen molar-refractivity contribution in [3.63, 3.8) is 0 Å². The van der Waals surface area contributed by atoms with E-state index in [1.807, 2.05) is 24.3 Å². The maximum Gasteiger partial charge on any atom is 0.259 e. The van der Waals surface area contributed by atoms with Crippen molar-refractivity contribution in [2.45, 2.75) is 0 Å². The summed E-state index contributed by atoms with van der Waals surface area (Å²) in [5.41, 5.74) is 1.18. The number of aromatic nitrogens is 2. The molecule has 2 aromatic heterocycles. The van der Waals surface area contributed by atoms with Crippen molar-refractivity contribution >= 4 is 38.6 Å². The highest BCUT2D eigenvalue weighted by atomic mass is 79.9. The largest absolute Gasteiger partial charge is 0.306 e. The van der Waals surface area contributed by atoms with Crippen molar-refractivity contribution in [1.29, 1.82) is 0 Å². The Labute approximate surface area is 124 Å². The van der Waals surface area contributed by atoms with Gasteiger partial charge in [0, 0.05) is 22.3 Å². The number of rotatable bonds is 2. The summed E-state index contributed by atoms with van der Waals surface area (Å²) < 4.78 is 0.912. The van der Waals surface area contributed by atoms with Crippen LogP contribution < -0.4 is 5.32 Å². The third-order valence-corrected chi connectivity index (χ3v) is 3.56. The summed E-state index contributed by atoms with van der Waals surface area (Å²) in [7, 11) is 0. The molecule has 0 aliphatic rings. The molecular formula is C15H10BrN3O. The Kier molecular flexibility index (Phi) is 3.43. The summed E-state index contributed by atoms with van der Waals surface area (Å²) in [5, 5.41) is 3.67. The van der Waals surface area contributed by atoms with Crippen LogP contribution in [0.2, 0.25) is 0 Å². The van der Waals surface area contributed by atoms with Gasteiger partial charge in [0.05, 0.1) is 11.1 Å². The molecule has 0 radical (unpaired) electrons. The van der Waals surface area contributed by atoms with Gasteiger partial charge in [0.25, 0.3) is 5.91 Å². The van der Waals surface area contributed by atoms with Gasteiger partial charge in [0.15, 0.2) is 0 Å². The highest BCUT2D eigenvalue weighted by molar-refractivity contribution is 9.10. The molecule has 1 N–H and O–H groups in total. The Morgan fingerprint density at radius 2 is 1.85 bits per heavy atom. The van der Waals surface area contributed by atoms with Crippen LogP contribution in [0.25, 0.3) is 10.9 Å². The van der Waals surface area contributed by atoms with E-state index in [1.54, 1.807) is 30.6 Å². The van der Waals surface area contributed by atoms with Gasteiger partial charge in [0.1, 0.15) is 5.82 Å². The van der Waals surface area contributed by atoms with Gasteiger partial charge in [-0.05, 0) is 30.3 Å². The molecule has 0 spiro atoms. The van der Waals surface area contributed by atoms with Crippen LogP contribution in [0.3, 0.4) is 0 Å². The zero-order valence-corrected chi connectivity index (χ0v) is 12.0. The highest BCUT2D eigenvalue weighted by Crippen LogP contribution is 2.25. The molecule has 0 aliphatic carbocycles. The fourth-order valence-electron chi connectivity index (χ4n) is 1.94. The zero-order valence-electron chi connectivity index (χ0n) is 10.4. The fraction of sp³-hybridized carbons (Fsp3) is 0. The monoisotopic (exact) mass is 327 g/mol. The predicted octanol–water partition coefficient (Wildman–Crippen LogP) is 3.64. The first kappa shape index (κ1) is 12.7. The average Bonchev–Trinajstić information content (AvgIpc) is 2.49. The number of hydrogen-bond acceptors (Lipinski definition) is 3. The van der Waals surface area contributed by atoms with Gasteiger partial charge in [-0.25, -0.2) is 4.98 Å². The molecule has 0 saturated carbocycles. The molecule has 2 heterocycles. The van der Waals surface area contributed by atoms with Gasteiger partial charge in [-0.3, -0.25) is 9.78 Å². The predicted molar refractivity (Wildman–Crippen MR) is 81.6 cm³/mol. The van der Waals surface area contributed by atoms with Gasteiger partial charge in [-0.2, -0.15) is 0 Å². The van der Waals surface area contributed by atoms with Crippen LogP contribution >= 0.6 is 15.9 Å². The van der Waals surface area contributed by atoms with Gasteiger partial charge < -0.3 is 5.32 Å². The molecular weight excluding hydrogens is 318 g/mol. The topological polar surface area (TPSA) is 54.9 Å². The zero-order chi connectivity index (χ0) is 13.9. The number of anilines is 1. The Morgan fingerprint density at radius 1 is 1.00 bits per heavy atom. The van der Waals surface area contributed by atoms with E-state index < -0.39 is 0 Å². The minimum atomic E-state index is -0.222. The second-order valence-electron chi connectivity index (χ2n) is 4.16. The quantitative estimate of drug-likeness (QED) is 0.781. The molecule has 0 saturated heterocycles. The lowest BCUT2D eigenvalue weighted by Gasteiger charge is -2.07. The van der Waals surface area contributed by atoms with E-state index in [1.165, 1.54) is 0 Å². The number of carbonyl (C=O) groups is 1. The molecule has 0 unspecified atom stereocenters. The van der Waals surface area contributed by atoms with E-state index in [9.17, 15) is 4.79 Å². The van der Waals surface area contributed by atoms with E-state index in [4.69, 9.17) is 0 Å². The first-order valence-corrected chi connectivity index (χ1v) is 6.80. The summed E-state index contributed by atoms with van der Waals surface area (Å²) in [6.07, 6.45) is 3.31. The average molecular weight is 328 g/mol. The lowest BCUT2D eigenvalue weighted by atomic mass is 10.1. The van der Waals surface area contributed by atoms with E-state index in [-0.39, 0.29) is 5.91 Å². The maximum absolute atomic E-state index is 12.3. The minimum Gasteiger partial charge on any atom is -0.306 e. The van der Waals surface area contributed by atoms with Crippen molar-refractivity contribution in [2.24, 2.45) is 0 Å². The Morgan fingerprint density at radius 3 is 2.65 bits per heavy atom. The molecule has 98 valence electrons. The first-order chi connectivity index (χ1) is 9.75. The molecule has 4 nitrogen and oxygen atoms in total. The van der Waals surface area contributed by atoms with Gasteiger partial charge >= 0.3 is 0 Å². The smallest absolute Gasteiger partial charge is 0.259 e. The van der Waals surface area contributed by atoms with Crippen molar-refractivity contribution in [3.8, 4) is 0 Å². The standard InChI is InChI=1S/C15H10BrN3O/c16-12-7-6-11(14-10(12)4-3-9-18-14)15(20)19-13-5-1-2-8-17-13/h1-9H,(H,17,19,20). The van der Waals surface area contributed by atoms with E-state index in [0.717, 1.165) is 9.86 Å². The van der Waals surface area contributed by atoms with Crippen molar-refractivity contribution in [3.05, 3.63) is 64.9 Å². The first-order valence-electron chi connectivity index (χ1n) is 6.01. The van der Waals surface area contributed by atoms with Crippen LogP contribution in [0.1, 0.15) is 10.4 Å². The van der Waals surface area contributed by atoms with E-state index >= 15 is 0 Å². The third-order valence-electron chi connectivity index (χ3n) is 2.87. The van der Waals surface area contributed by atoms with E-state index in [0.29, 0.717) is 16.9 Å². The minimum absolute atomic E-state index is 0.222. The highest BCUT2D eigenvalue weighted by Gasteiger charge is 2.13. The number of pyridine rings is 2. The SMILES string of the molecule is O=C(Nc1ccccn1)c1ccc(Br)c2cccnc12. The lowest BCUT2D eigenvalue weighted by molar-refractivity contribution is 0.102. The molecule has 0 atom stereocenters. The number of halogens is 1. The second-order valence-corrected chi connectivity index (χ2v) is 5.02. The maximum atomic E-state index is 12.3. The van der Waals surface area contributed by atoms with E-state index in [2.05, 4.69) is 31.2 Å². The van der Waals surface area contributed by atoms with Crippen LogP contribution in [0.5, 0.6) is 0 Å². The van der Waals surface area contributed by atoms with Gasteiger partial charge in [0.2, 0.25) is 0 Å². The number of benzene rings is 1. The number of carbonyl (C=O) groups excluding carboxylic acids is 1. The fourth-order valence-corrected chi connectivity index (χ4v) is 2.39. The number of hydrogen-bond donors (Lipinski definition) is 1. The molecule has 0 bridgehead atoms. The molecule has 3 rings (SSSR count). The molecule has 0 aliphatic heterocycles. The van der Waals surface area contributed by atoms with Crippen molar-refractivity contribution in [2.75, 3.05) is 5.32 Å². The molecule has 0 fully saturated rings. The second kappa shape index (κ2) is 5.38. The summed E-state index contributed by atoms with van der Waals surface area (Å²) >= 11 is 3.46. The number of nitrogens with one attached hydrogen (secondary N) is 1. The molecule has 3 aromatic rings. The van der Waals surface area contributed by atoms with Crippen LogP contribution in [0.4, 0.5) is 5.82 Å². The van der Waals surface area contributed by atoms with Gasteiger partial charge in [-0.1, -0.05) is 28.1 Å². The van der Waals surface area contributed by atoms with Crippen LogP contribution in [-0.4, -0.2) is 15.9 Å².